The Labute approximate surface area is 181 Å². The van der Waals surface area contributed by atoms with Crippen molar-refractivity contribution in [3.63, 3.8) is 0 Å². The third kappa shape index (κ3) is 5.20. The maximum atomic E-state index is 12.6. The van der Waals surface area contributed by atoms with Crippen LogP contribution in [0.1, 0.15) is 30.9 Å². The van der Waals surface area contributed by atoms with Crippen LogP contribution < -0.4 is 10.2 Å². The Hall–Kier alpha value is -3.42. The van der Waals surface area contributed by atoms with Crippen LogP contribution in [-0.2, 0) is 14.3 Å². The Morgan fingerprint density at radius 3 is 2.32 bits per heavy atom. The number of nitro benzene ring substituents is 1. The molecule has 1 heterocycles. The van der Waals surface area contributed by atoms with E-state index in [4.69, 9.17) is 4.74 Å². The van der Waals surface area contributed by atoms with Gasteiger partial charge in [0.25, 0.3) is 11.6 Å². The van der Waals surface area contributed by atoms with Gasteiger partial charge in [-0.1, -0.05) is 30.3 Å². The second kappa shape index (κ2) is 9.59. The molecular weight excluding hydrogens is 398 g/mol. The summed E-state index contributed by atoms with van der Waals surface area (Å²) >= 11 is 0. The van der Waals surface area contributed by atoms with Crippen molar-refractivity contribution in [3.8, 4) is 0 Å². The van der Waals surface area contributed by atoms with E-state index in [9.17, 15) is 19.7 Å². The molecule has 1 saturated heterocycles. The summed E-state index contributed by atoms with van der Waals surface area (Å²) in [6.07, 6.45) is 0.103. The van der Waals surface area contributed by atoms with Gasteiger partial charge >= 0.3 is 5.97 Å². The van der Waals surface area contributed by atoms with Gasteiger partial charge in [0, 0.05) is 24.8 Å². The van der Waals surface area contributed by atoms with Gasteiger partial charge in [0.1, 0.15) is 5.69 Å². The van der Waals surface area contributed by atoms with E-state index in [1.54, 1.807) is 25.1 Å². The zero-order valence-corrected chi connectivity index (χ0v) is 18.0. The fraction of sp³-hybridized carbons (Fsp3) is 0.391. The molecule has 8 heteroatoms. The number of esters is 1. The van der Waals surface area contributed by atoms with E-state index in [1.165, 1.54) is 6.07 Å². The molecule has 1 aliphatic rings. The number of ether oxygens (including phenoxy) is 1. The molecule has 0 bridgehead atoms. The standard InChI is InChI=1S/C23H27N3O5/c1-15-7-6-8-16(2)21(15)24-22(27)17(3)31-23(28)18-11-13-25(14-12-18)19-9-4-5-10-20(19)26(29)30/h4-10,17-18H,11-14H2,1-3H3,(H,24,27)/t17-/m0/s1. The SMILES string of the molecule is Cc1cccc(C)c1NC(=O)[C@H](C)OC(=O)C1CCN(c2ccccc2[N+](=O)[O-])CC1. The van der Waals surface area contributed by atoms with E-state index in [0.29, 0.717) is 31.6 Å². The number of nitrogens with one attached hydrogen (secondary N) is 1. The molecule has 0 aromatic heterocycles. The van der Waals surface area contributed by atoms with Crippen molar-refractivity contribution in [3.05, 3.63) is 63.7 Å². The predicted molar refractivity (Wildman–Crippen MR) is 118 cm³/mol. The summed E-state index contributed by atoms with van der Waals surface area (Å²) in [4.78, 5) is 37.9. The van der Waals surface area contributed by atoms with Crippen LogP contribution in [0.25, 0.3) is 0 Å². The lowest BCUT2D eigenvalue weighted by molar-refractivity contribution is -0.384. The number of nitrogens with zero attached hydrogens (tertiary/aromatic N) is 2. The number of nitro groups is 1. The Morgan fingerprint density at radius 1 is 1.10 bits per heavy atom. The van der Waals surface area contributed by atoms with Gasteiger partial charge in [0.05, 0.1) is 10.8 Å². The van der Waals surface area contributed by atoms with Gasteiger partial charge in [0.2, 0.25) is 0 Å². The number of carbonyl (C=O) groups is 2. The Kier molecular flexibility index (Phi) is 6.89. The lowest BCUT2D eigenvalue weighted by atomic mass is 9.96. The molecule has 1 fully saturated rings. The third-order valence-corrected chi connectivity index (χ3v) is 5.64. The normalized spacial score (nSPS) is 15.3. The van der Waals surface area contributed by atoms with Crippen LogP contribution in [0.4, 0.5) is 17.1 Å². The summed E-state index contributed by atoms with van der Waals surface area (Å²) in [5.41, 5.74) is 3.22. The molecule has 0 radical (unpaired) electrons. The molecule has 1 N–H and O–H groups in total. The van der Waals surface area contributed by atoms with E-state index in [1.807, 2.05) is 36.9 Å². The monoisotopic (exact) mass is 425 g/mol. The summed E-state index contributed by atoms with van der Waals surface area (Å²) in [6.45, 7) is 6.39. The topological polar surface area (TPSA) is 102 Å². The highest BCUT2D eigenvalue weighted by atomic mass is 16.6. The largest absolute Gasteiger partial charge is 0.452 e. The fourth-order valence-electron chi connectivity index (χ4n) is 3.80. The van der Waals surface area contributed by atoms with Crippen molar-refractivity contribution in [1.82, 2.24) is 0 Å². The maximum absolute atomic E-state index is 12.6. The van der Waals surface area contributed by atoms with Crippen molar-refractivity contribution in [2.24, 2.45) is 5.92 Å². The number of piperidine rings is 1. The lowest BCUT2D eigenvalue weighted by Crippen LogP contribution is -2.39. The van der Waals surface area contributed by atoms with E-state index in [2.05, 4.69) is 5.32 Å². The highest BCUT2D eigenvalue weighted by molar-refractivity contribution is 5.96. The molecule has 1 aliphatic heterocycles. The number of amides is 1. The molecule has 0 spiro atoms. The summed E-state index contributed by atoms with van der Waals surface area (Å²) in [5, 5.41) is 14.1. The first-order valence-corrected chi connectivity index (χ1v) is 10.3. The molecule has 2 aromatic rings. The third-order valence-electron chi connectivity index (χ3n) is 5.64. The van der Waals surface area contributed by atoms with Crippen molar-refractivity contribution in [2.75, 3.05) is 23.3 Å². The smallest absolute Gasteiger partial charge is 0.309 e. The van der Waals surface area contributed by atoms with Crippen LogP contribution in [0.15, 0.2) is 42.5 Å². The van der Waals surface area contributed by atoms with Gasteiger partial charge in [0.15, 0.2) is 6.10 Å². The van der Waals surface area contributed by atoms with Crippen molar-refractivity contribution in [1.29, 1.82) is 0 Å². The second-order valence-electron chi connectivity index (χ2n) is 7.84. The molecule has 164 valence electrons. The minimum Gasteiger partial charge on any atom is -0.452 e. The number of para-hydroxylation sites is 3. The summed E-state index contributed by atoms with van der Waals surface area (Å²) in [6, 6.07) is 12.3. The fourth-order valence-corrected chi connectivity index (χ4v) is 3.80. The predicted octanol–water partition coefficient (Wildman–Crippen LogP) is 4.00. The van der Waals surface area contributed by atoms with Gasteiger partial charge < -0.3 is 15.0 Å². The molecule has 0 saturated carbocycles. The molecule has 0 aliphatic carbocycles. The molecule has 31 heavy (non-hydrogen) atoms. The molecular formula is C23H27N3O5. The second-order valence-corrected chi connectivity index (χ2v) is 7.84. The minimum atomic E-state index is -0.917. The summed E-state index contributed by atoms with van der Waals surface area (Å²) in [7, 11) is 0. The molecule has 1 amide bonds. The van der Waals surface area contributed by atoms with E-state index in [0.717, 1.165) is 16.8 Å². The molecule has 1 atom stereocenters. The number of hydrogen-bond donors (Lipinski definition) is 1. The summed E-state index contributed by atoms with van der Waals surface area (Å²) < 4.78 is 5.43. The van der Waals surface area contributed by atoms with Crippen LogP contribution in [0, 0.1) is 29.9 Å². The first kappa shape index (κ1) is 22.3. The van der Waals surface area contributed by atoms with E-state index >= 15 is 0 Å². The van der Waals surface area contributed by atoms with Crippen LogP contribution in [0.3, 0.4) is 0 Å². The van der Waals surface area contributed by atoms with Crippen molar-refractivity contribution < 1.29 is 19.2 Å². The molecule has 2 aromatic carbocycles. The highest BCUT2D eigenvalue weighted by Gasteiger charge is 2.31. The Bertz CT molecular complexity index is 963. The number of hydrogen-bond acceptors (Lipinski definition) is 6. The van der Waals surface area contributed by atoms with Crippen LogP contribution in [-0.4, -0.2) is 36.0 Å². The van der Waals surface area contributed by atoms with Crippen LogP contribution in [0.2, 0.25) is 0 Å². The Morgan fingerprint density at radius 2 is 1.71 bits per heavy atom. The zero-order valence-electron chi connectivity index (χ0n) is 18.0. The molecule has 0 unspecified atom stereocenters. The first-order chi connectivity index (χ1) is 14.8. The zero-order chi connectivity index (χ0) is 22.5. The molecule has 3 rings (SSSR count). The van der Waals surface area contributed by atoms with Gasteiger partial charge in [-0.15, -0.1) is 0 Å². The number of rotatable bonds is 6. The number of benzene rings is 2. The maximum Gasteiger partial charge on any atom is 0.309 e. The Balaban J connectivity index is 1.55. The summed E-state index contributed by atoms with van der Waals surface area (Å²) in [5.74, 6) is -1.12. The van der Waals surface area contributed by atoms with Gasteiger partial charge in [-0.3, -0.25) is 19.7 Å². The number of aryl methyl sites for hydroxylation is 2. The first-order valence-electron chi connectivity index (χ1n) is 10.3. The van der Waals surface area contributed by atoms with E-state index in [-0.39, 0.29) is 17.5 Å². The van der Waals surface area contributed by atoms with Crippen LogP contribution >= 0.6 is 0 Å². The quantitative estimate of drug-likeness (QED) is 0.426. The highest BCUT2D eigenvalue weighted by Crippen LogP contribution is 2.31. The van der Waals surface area contributed by atoms with Gasteiger partial charge in [-0.05, 0) is 50.8 Å². The average molecular weight is 425 g/mol. The van der Waals surface area contributed by atoms with Crippen molar-refractivity contribution in [2.45, 2.75) is 39.7 Å². The average Bonchev–Trinajstić information content (AvgIpc) is 2.76. The van der Waals surface area contributed by atoms with Crippen LogP contribution in [0.5, 0.6) is 0 Å². The lowest BCUT2D eigenvalue weighted by Gasteiger charge is -2.32. The minimum absolute atomic E-state index is 0.0559. The molecule has 8 nitrogen and oxygen atoms in total. The van der Waals surface area contributed by atoms with E-state index < -0.39 is 17.0 Å². The van der Waals surface area contributed by atoms with Gasteiger partial charge in [-0.25, -0.2) is 0 Å². The number of anilines is 2. The number of carbonyl (C=O) groups excluding carboxylic acids is 2. The van der Waals surface area contributed by atoms with Crippen molar-refractivity contribution >= 4 is 28.9 Å². The van der Waals surface area contributed by atoms with Gasteiger partial charge in [-0.2, -0.15) is 0 Å².